The maximum absolute atomic E-state index is 11.2. The Hall–Kier alpha value is -1.01. The Morgan fingerprint density at radius 3 is 2.64 bits per heavy atom. The van der Waals surface area contributed by atoms with Gasteiger partial charge in [0, 0.05) is 0 Å². The van der Waals surface area contributed by atoms with Gasteiger partial charge < -0.3 is 5.11 Å². The first-order valence-electron chi connectivity index (χ1n) is 5.02. The molecule has 3 heteroatoms. The molecule has 0 saturated heterocycles. The van der Waals surface area contributed by atoms with Gasteiger partial charge in [-0.3, -0.25) is 10.1 Å². The van der Waals surface area contributed by atoms with Crippen LogP contribution in [0.4, 0.5) is 0 Å². The van der Waals surface area contributed by atoms with Crippen molar-refractivity contribution in [1.29, 1.82) is 0 Å². The first kappa shape index (κ1) is 11.1. The van der Waals surface area contributed by atoms with Gasteiger partial charge in [0.2, 0.25) is 0 Å². The van der Waals surface area contributed by atoms with Crippen LogP contribution in [0.1, 0.15) is 32.6 Å². The minimum atomic E-state index is -0.765. The Bertz CT molecular complexity index is 247. The van der Waals surface area contributed by atoms with E-state index >= 15 is 0 Å². The highest BCUT2D eigenvalue weighted by Crippen LogP contribution is 2.31. The fourth-order valence-electron chi connectivity index (χ4n) is 1.94. The van der Waals surface area contributed by atoms with Crippen LogP contribution in [-0.4, -0.2) is 23.2 Å². The summed E-state index contributed by atoms with van der Waals surface area (Å²) >= 11 is 0. The van der Waals surface area contributed by atoms with Crippen LogP contribution in [0.25, 0.3) is 0 Å². The van der Waals surface area contributed by atoms with Crippen molar-refractivity contribution in [3.63, 3.8) is 0 Å². The van der Waals surface area contributed by atoms with Gasteiger partial charge in [0.25, 0.3) is 0 Å². The van der Waals surface area contributed by atoms with Crippen molar-refractivity contribution in [1.82, 2.24) is 5.32 Å². The summed E-state index contributed by atoms with van der Waals surface area (Å²) in [7, 11) is 0. The van der Waals surface area contributed by atoms with Crippen LogP contribution in [0, 0.1) is 18.3 Å². The van der Waals surface area contributed by atoms with Crippen molar-refractivity contribution < 1.29 is 9.90 Å². The highest BCUT2D eigenvalue weighted by molar-refractivity contribution is 5.79. The maximum Gasteiger partial charge on any atom is 0.323 e. The average Bonchev–Trinajstić information content (AvgIpc) is 2.17. The standard InChI is InChI=1S/C11H17NO2/c1-3-8-12-11(10(13)14)6-4-9(2)5-7-11/h1,9,12H,4-8H2,2H3,(H,13,14). The average molecular weight is 195 g/mol. The van der Waals surface area contributed by atoms with E-state index in [1.807, 2.05) is 0 Å². The normalized spacial score (nSPS) is 32.1. The van der Waals surface area contributed by atoms with Gasteiger partial charge in [0.15, 0.2) is 0 Å². The van der Waals surface area contributed by atoms with Crippen molar-refractivity contribution in [3.05, 3.63) is 0 Å². The lowest BCUT2D eigenvalue weighted by atomic mass is 9.77. The second-order valence-electron chi connectivity index (χ2n) is 4.13. The molecule has 0 radical (unpaired) electrons. The number of hydrogen-bond donors (Lipinski definition) is 2. The number of carboxylic acids is 1. The summed E-state index contributed by atoms with van der Waals surface area (Å²) in [6.45, 7) is 2.49. The van der Waals surface area contributed by atoms with E-state index in [4.69, 9.17) is 6.42 Å². The molecule has 14 heavy (non-hydrogen) atoms. The number of nitrogens with one attached hydrogen (secondary N) is 1. The van der Waals surface area contributed by atoms with Crippen molar-refractivity contribution in [2.45, 2.75) is 38.1 Å². The number of carboxylic acid groups (broad SMARTS) is 1. The largest absolute Gasteiger partial charge is 0.480 e. The molecule has 1 rings (SSSR count). The van der Waals surface area contributed by atoms with Crippen LogP contribution in [0.2, 0.25) is 0 Å². The zero-order chi connectivity index (χ0) is 10.6. The molecular weight excluding hydrogens is 178 g/mol. The quantitative estimate of drug-likeness (QED) is 0.666. The van der Waals surface area contributed by atoms with E-state index in [1.54, 1.807) is 0 Å². The third-order valence-corrected chi connectivity index (χ3v) is 3.07. The van der Waals surface area contributed by atoms with E-state index in [0.29, 0.717) is 25.3 Å². The van der Waals surface area contributed by atoms with Crippen molar-refractivity contribution in [3.8, 4) is 12.3 Å². The molecule has 2 N–H and O–H groups in total. The lowest BCUT2D eigenvalue weighted by Crippen LogP contribution is -2.54. The van der Waals surface area contributed by atoms with Crippen molar-refractivity contribution in [2.75, 3.05) is 6.54 Å². The molecule has 0 spiro atoms. The molecule has 78 valence electrons. The smallest absolute Gasteiger partial charge is 0.323 e. The Morgan fingerprint density at radius 1 is 1.64 bits per heavy atom. The summed E-state index contributed by atoms with van der Waals surface area (Å²) in [6, 6.07) is 0. The van der Waals surface area contributed by atoms with Gasteiger partial charge in [-0.1, -0.05) is 12.8 Å². The van der Waals surface area contributed by atoms with E-state index in [-0.39, 0.29) is 0 Å². The van der Waals surface area contributed by atoms with Crippen LogP contribution in [0.3, 0.4) is 0 Å². The van der Waals surface area contributed by atoms with Gasteiger partial charge in [0.1, 0.15) is 5.54 Å². The van der Waals surface area contributed by atoms with E-state index in [1.165, 1.54) is 0 Å². The molecule has 0 bridgehead atoms. The molecule has 0 aromatic rings. The molecular formula is C11H17NO2. The Kier molecular flexibility index (Phi) is 3.54. The predicted octanol–water partition coefficient (Wildman–Crippen LogP) is 1.24. The summed E-state index contributed by atoms with van der Waals surface area (Å²) in [5.41, 5.74) is -0.765. The first-order chi connectivity index (χ1) is 6.60. The van der Waals surface area contributed by atoms with E-state index < -0.39 is 11.5 Å². The molecule has 1 aliphatic carbocycles. The van der Waals surface area contributed by atoms with Gasteiger partial charge in [-0.25, -0.2) is 0 Å². The number of carbonyl (C=O) groups is 1. The number of rotatable bonds is 3. The molecule has 1 saturated carbocycles. The maximum atomic E-state index is 11.2. The SMILES string of the molecule is C#CCNC1(C(=O)O)CCC(C)CC1. The minimum Gasteiger partial charge on any atom is -0.480 e. The third kappa shape index (κ3) is 2.27. The molecule has 0 aromatic heterocycles. The van der Waals surface area contributed by atoms with Crippen LogP contribution in [0.5, 0.6) is 0 Å². The van der Waals surface area contributed by atoms with Crippen molar-refractivity contribution in [2.24, 2.45) is 5.92 Å². The second kappa shape index (κ2) is 4.47. The third-order valence-electron chi connectivity index (χ3n) is 3.07. The molecule has 0 atom stereocenters. The first-order valence-corrected chi connectivity index (χ1v) is 5.02. The van der Waals surface area contributed by atoms with Gasteiger partial charge >= 0.3 is 5.97 Å². The Balaban J connectivity index is 2.64. The van der Waals surface area contributed by atoms with Gasteiger partial charge in [-0.2, -0.15) is 0 Å². The lowest BCUT2D eigenvalue weighted by molar-refractivity contribution is -0.146. The predicted molar refractivity (Wildman–Crippen MR) is 54.8 cm³/mol. The molecule has 0 amide bonds. The zero-order valence-corrected chi connectivity index (χ0v) is 8.55. The lowest BCUT2D eigenvalue weighted by Gasteiger charge is -2.36. The summed E-state index contributed by atoms with van der Waals surface area (Å²) < 4.78 is 0. The zero-order valence-electron chi connectivity index (χ0n) is 8.55. The molecule has 0 heterocycles. The highest BCUT2D eigenvalue weighted by atomic mass is 16.4. The van der Waals surface area contributed by atoms with Crippen LogP contribution in [-0.2, 0) is 4.79 Å². The van der Waals surface area contributed by atoms with Crippen LogP contribution in [0.15, 0.2) is 0 Å². The number of aliphatic carboxylic acids is 1. The molecule has 0 aliphatic heterocycles. The number of hydrogen-bond acceptors (Lipinski definition) is 2. The molecule has 1 fully saturated rings. The number of terminal acetylenes is 1. The summed E-state index contributed by atoms with van der Waals surface area (Å²) in [5.74, 6) is 2.30. The monoisotopic (exact) mass is 195 g/mol. The topological polar surface area (TPSA) is 49.3 Å². The summed E-state index contributed by atoms with van der Waals surface area (Å²) in [4.78, 5) is 11.2. The van der Waals surface area contributed by atoms with Crippen LogP contribution < -0.4 is 5.32 Å². The second-order valence-corrected chi connectivity index (χ2v) is 4.13. The molecule has 0 unspecified atom stereocenters. The van der Waals surface area contributed by atoms with Crippen molar-refractivity contribution >= 4 is 5.97 Å². The van der Waals surface area contributed by atoms with E-state index in [0.717, 1.165) is 12.8 Å². The minimum absolute atomic E-state index is 0.334. The van der Waals surface area contributed by atoms with Gasteiger partial charge in [0.05, 0.1) is 6.54 Å². The Labute approximate surface area is 84.9 Å². The molecule has 3 nitrogen and oxygen atoms in total. The highest BCUT2D eigenvalue weighted by Gasteiger charge is 2.40. The van der Waals surface area contributed by atoms with Gasteiger partial charge in [-0.15, -0.1) is 6.42 Å². The summed E-state index contributed by atoms with van der Waals surface area (Å²) in [5, 5.41) is 12.1. The van der Waals surface area contributed by atoms with Gasteiger partial charge in [-0.05, 0) is 31.6 Å². The van der Waals surface area contributed by atoms with E-state index in [2.05, 4.69) is 18.2 Å². The van der Waals surface area contributed by atoms with Crippen LogP contribution >= 0.6 is 0 Å². The summed E-state index contributed by atoms with van der Waals surface area (Å²) in [6.07, 6.45) is 8.42. The molecule has 1 aliphatic rings. The fourth-order valence-corrected chi connectivity index (χ4v) is 1.94. The van der Waals surface area contributed by atoms with E-state index in [9.17, 15) is 9.90 Å². The molecule has 0 aromatic carbocycles. The Morgan fingerprint density at radius 2 is 2.21 bits per heavy atom. The fraction of sp³-hybridized carbons (Fsp3) is 0.727.